The number of hydrogen-bond acceptors (Lipinski definition) is 6. The van der Waals surface area contributed by atoms with E-state index in [9.17, 15) is 4.79 Å². The lowest BCUT2D eigenvalue weighted by molar-refractivity contribution is 0.0367. The molecular weight excluding hydrogens is 476 g/mol. The van der Waals surface area contributed by atoms with Gasteiger partial charge in [0.05, 0.1) is 25.3 Å². The van der Waals surface area contributed by atoms with Gasteiger partial charge in [-0.3, -0.25) is 9.69 Å². The molecule has 5 rings (SSSR count). The van der Waals surface area contributed by atoms with Gasteiger partial charge in [-0.1, -0.05) is 12.1 Å². The lowest BCUT2D eigenvalue weighted by Gasteiger charge is -2.29. The topological polar surface area (TPSA) is 79.1 Å². The van der Waals surface area contributed by atoms with Crippen molar-refractivity contribution in [2.45, 2.75) is 19.9 Å². The summed E-state index contributed by atoms with van der Waals surface area (Å²) in [5.74, 6) is 1.36. The zero-order valence-electron chi connectivity index (χ0n) is 20.5. The fourth-order valence-corrected chi connectivity index (χ4v) is 4.87. The zero-order valence-corrected chi connectivity index (χ0v) is 21.4. The standard InChI is InChI=1S/C27H32N4O4S/c1-19-4-2-5-22(14-19)28-27(36)31(7-3-6-30-8-10-33-11-9-30)18-21-15-20-16-24-25(35-13-12-34-24)17-23(20)29-26(21)32/h2,4-5,14-17H,3,6-13,18H2,1H3,(H,28,36)(H,29,32). The van der Waals surface area contributed by atoms with Crippen LogP contribution in [0, 0.1) is 6.92 Å². The highest BCUT2D eigenvalue weighted by molar-refractivity contribution is 7.80. The van der Waals surface area contributed by atoms with Gasteiger partial charge in [0.15, 0.2) is 16.6 Å². The van der Waals surface area contributed by atoms with Gasteiger partial charge >= 0.3 is 0 Å². The number of aromatic nitrogens is 1. The number of fused-ring (bicyclic) bond motifs is 2. The van der Waals surface area contributed by atoms with Crippen LogP contribution < -0.4 is 20.3 Å². The van der Waals surface area contributed by atoms with Gasteiger partial charge in [-0.25, -0.2) is 0 Å². The minimum Gasteiger partial charge on any atom is -0.486 e. The molecule has 1 aromatic heterocycles. The molecule has 0 unspecified atom stereocenters. The first-order valence-electron chi connectivity index (χ1n) is 12.4. The average molecular weight is 509 g/mol. The molecule has 8 nitrogen and oxygen atoms in total. The molecular formula is C27H32N4O4S. The molecule has 0 radical (unpaired) electrons. The Labute approximate surface area is 216 Å². The Morgan fingerprint density at radius 2 is 1.86 bits per heavy atom. The molecule has 0 aliphatic carbocycles. The van der Waals surface area contributed by atoms with Crippen molar-refractivity contribution in [3.8, 4) is 11.5 Å². The summed E-state index contributed by atoms with van der Waals surface area (Å²) >= 11 is 5.82. The maximum absolute atomic E-state index is 13.0. The van der Waals surface area contributed by atoms with E-state index >= 15 is 0 Å². The summed E-state index contributed by atoms with van der Waals surface area (Å²) in [6, 6.07) is 13.8. The van der Waals surface area contributed by atoms with Gasteiger partial charge in [0.1, 0.15) is 13.2 Å². The Hall–Kier alpha value is -3.14. The quantitative estimate of drug-likeness (QED) is 0.470. The number of aromatic amines is 1. The summed E-state index contributed by atoms with van der Waals surface area (Å²) in [4.78, 5) is 20.5. The lowest BCUT2D eigenvalue weighted by atomic mass is 10.1. The molecule has 0 spiro atoms. The van der Waals surface area contributed by atoms with Gasteiger partial charge in [-0.15, -0.1) is 0 Å². The Morgan fingerprint density at radius 3 is 2.64 bits per heavy atom. The SMILES string of the molecule is Cc1cccc(NC(=S)N(CCCN2CCOCC2)Cc2cc3cc4c(cc3[nH]c2=O)OCCO4)c1. The number of morpholine rings is 1. The lowest BCUT2D eigenvalue weighted by Crippen LogP contribution is -2.40. The minimum atomic E-state index is -0.129. The second-order valence-electron chi connectivity index (χ2n) is 9.24. The number of benzene rings is 2. The van der Waals surface area contributed by atoms with Gasteiger partial charge in [0.25, 0.3) is 5.56 Å². The largest absolute Gasteiger partial charge is 0.486 e. The third-order valence-electron chi connectivity index (χ3n) is 6.51. The second kappa shape index (κ2) is 11.3. The summed E-state index contributed by atoms with van der Waals surface area (Å²) in [5.41, 5.74) is 3.35. The summed E-state index contributed by atoms with van der Waals surface area (Å²) < 4.78 is 16.9. The molecule has 0 saturated carbocycles. The average Bonchev–Trinajstić information content (AvgIpc) is 2.88. The molecule has 3 aromatic rings. The fourth-order valence-electron chi connectivity index (χ4n) is 4.60. The monoisotopic (exact) mass is 508 g/mol. The van der Waals surface area contributed by atoms with Crippen molar-refractivity contribution in [3.63, 3.8) is 0 Å². The Kier molecular flexibility index (Phi) is 7.69. The van der Waals surface area contributed by atoms with Crippen molar-refractivity contribution >= 4 is 33.9 Å². The van der Waals surface area contributed by atoms with E-state index in [4.69, 9.17) is 26.4 Å². The number of hydrogen-bond donors (Lipinski definition) is 2. The van der Waals surface area contributed by atoms with E-state index < -0.39 is 0 Å². The van der Waals surface area contributed by atoms with Gasteiger partial charge < -0.3 is 29.4 Å². The van der Waals surface area contributed by atoms with E-state index in [1.807, 2.05) is 30.3 Å². The molecule has 3 heterocycles. The number of nitrogens with one attached hydrogen (secondary N) is 2. The molecule has 9 heteroatoms. The molecule has 36 heavy (non-hydrogen) atoms. The first-order chi connectivity index (χ1) is 17.5. The number of aryl methyl sites for hydroxylation is 1. The zero-order chi connectivity index (χ0) is 24.9. The van der Waals surface area contributed by atoms with Crippen LogP contribution in [-0.4, -0.2) is 72.5 Å². The van der Waals surface area contributed by atoms with Crippen molar-refractivity contribution < 1.29 is 14.2 Å². The van der Waals surface area contributed by atoms with Crippen LogP contribution in [-0.2, 0) is 11.3 Å². The molecule has 1 saturated heterocycles. The van der Waals surface area contributed by atoms with E-state index in [1.165, 1.54) is 0 Å². The molecule has 0 amide bonds. The number of pyridine rings is 1. The second-order valence-corrected chi connectivity index (χ2v) is 9.62. The maximum Gasteiger partial charge on any atom is 0.253 e. The van der Waals surface area contributed by atoms with Crippen molar-refractivity contribution in [2.75, 3.05) is 57.9 Å². The predicted octanol–water partition coefficient (Wildman–Crippen LogP) is 3.53. The van der Waals surface area contributed by atoms with Crippen LogP contribution in [0.15, 0.2) is 47.3 Å². The molecule has 190 valence electrons. The molecule has 2 aromatic carbocycles. The predicted molar refractivity (Wildman–Crippen MR) is 145 cm³/mol. The highest BCUT2D eigenvalue weighted by atomic mass is 32.1. The molecule has 2 aliphatic rings. The van der Waals surface area contributed by atoms with Crippen molar-refractivity contribution in [3.05, 3.63) is 63.9 Å². The number of thiocarbonyl (C=S) groups is 1. The molecule has 2 N–H and O–H groups in total. The maximum atomic E-state index is 13.0. The number of ether oxygens (including phenoxy) is 3. The van der Waals surface area contributed by atoms with Crippen LogP contribution in [0.5, 0.6) is 11.5 Å². The van der Waals surface area contributed by atoms with Crippen LogP contribution in [0.25, 0.3) is 10.9 Å². The summed E-state index contributed by atoms with van der Waals surface area (Å²) in [6.07, 6.45) is 0.930. The van der Waals surface area contributed by atoms with E-state index in [2.05, 4.69) is 39.2 Å². The van der Waals surface area contributed by atoms with Gasteiger partial charge in [-0.2, -0.15) is 0 Å². The van der Waals surface area contributed by atoms with Gasteiger partial charge in [-0.05, 0) is 55.4 Å². The van der Waals surface area contributed by atoms with E-state index in [0.29, 0.717) is 41.9 Å². The smallest absolute Gasteiger partial charge is 0.253 e. The first kappa shape index (κ1) is 24.5. The van der Waals surface area contributed by atoms with E-state index in [1.54, 1.807) is 0 Å². The Bertz CT molecular complexity index is 1290. The normalized spacial score (nSPS) is 15.6. The highest BCUT2D eigenvalue weighted by Gasteiger charge is 2.18. The number of H-pyrrole nitrogens is 1. The third kappa shape index (κ3) is 5.98. The van der Waals surface area contributed by atoms with E-state index in [0.717, 1.165) is 68.0 Å². The van der Waals surface area contributed by atoms with Crippen LogP contribution in [0.1, 0.15) is 17.5 Å². The van der Waals surface area contributed by atoms with Crippen LogP contribution >= 0.6 is 12.2 Å². The molecule has 0 atom stereocenters. The van der Waals surface area contributed by atoms with E-state index in [-0.39, 0.29) is 5.56 Å². The third-order valence-corrected chi connectivity index (χ3v) is 6.87. The Morgan fingerprint density at radius 1 is 1.08 bits per heavy atom. The fraction of sp³-hybridized carbons (Fsp3) is 0.407. The summed E-state index contributed by atoms with van der Waals surface area (Å²) in [5, 5.41) is 4.87. The Balaban J connectivity index is 1.36. The molecule has 1 fully saturated rings. The van der Waals surface area contributed by atoms with Crippen molar-refractivity contribution in [1.29, 1.82) is 0 Å². The summed E-state index contributed by atoms with van der Waals surface area (Å²) in [6.45, 7) is 8.63. The van der Waals surface area contributed by atoms with Gasteiger partial charge in [0.2, 0.25) is 0 Å². The minimum absolute atomic E-state index is 0.129. The first-order valence-corrected chi connectivity index (χ1v) is 12.8. The van der Waals surface area contributed by atoms with Crippen LogP contribution in [0.4, 0.5) is 5.69 Å². The van der Waals surface area contributed by atoms with Crippen LogP contribution in [0.3, 0.4) is 0 Å². The number of nitrogens with zero attached hydrogens (tertiary/aromatic N) is 2. The van der Waals surface area contributed by atoms with Crippen molar-refractivity contribution in [2.24, 2.45) is 0 Å². The van der Waals surface area contributed by atoms with Gasteiger partial charge in [0, 0.05) is 48.9 Å². The molecule has 0 bridgehead atoms. The molecule has 2 aliphatic heterocycles. The number of rotatable bonds is 7. The highest BCUT2D eigenvalue weighted by Crippen LogP contribution is 2.33. The number of anilines is 1. The van der Waals surface area contributed by atoms with Crippen LogP contribution in [0.2, 0.25) is 0 Å². The van der Waals surface area contributed by atoms with Crippen molar-refractivity contribution in [1.82, 2.24) is 14.8 Å². The summed E-state index contributed by atoms with van der Waals surface area (Å²) in [7, 11) is 0.